The van der Waals surface area contributed by atoms with E-state index in [1.165, 1.54) is 0 Å². The number of aliphatic hydroxyl groups is 1. The number of rotatable bonds is 4. The number of hydrogen-bond donors (Lipinski definition) is 1. The molecule has 4 heteroatoms. The van der Waals surface area contributed by atoms with E-state index in [4.69, 9.17) is 9.47 Å². The Labute approximate surface area is 119 Å². The van der Waals surface area contributed by atoms with Gasteiger partial charge in [-0.25, -0.2) is 0 Å². The molecule has 1 saturated heterocycles. The number of carbonyl (C=O) groups is 1. The highest BCUT2D eigenvalue weighted by Crippen LogP contribution is 2.36. The van der Waals surface area contributed by atoms with Gasteiger partial charge in [0.15, 0.2) is 6.10 Å². The molecule has 0 bridgehead atoms. The lowest BCUT2D eigenvalue weighted by molar-refractivity contribution is -0.148. The first-order valence-corrected chi connectivity index (χ1v) is 6.90. The molecule has 1 heterocycles. The third kappa shape index (κ3) is 3.38. The molecule has 2 rings (SSSR count). The van der Waals surface area contributed by atoms with E-state index in [1.807, 2.05) is 51.1 Å². The first-order chi connectivity index (χ1) is 9.39. The highest BCUT2D eigenvalue weighted by molar-refractivity contribution is 5.76. The Hall–Kier alpha value is -1.39. The Balaban J connectivity index is 1.87. The molecule has 4 nitrogen and oxygen atoms in total. The first kappa shape index (κ1) is 15.0. The molecule has 0 aliphatic carbocycles. The van der Waals surface area contributed by atoms with Crippen LogP contribution in [0, 0.1) is 11.3 Å². The van der Waals surface area contributed by atoms with Crippen molar-refractivity contribution in [2.24, 2.45) is 11.3 Å². The zero-order chi connectivity index (χ0) is 14.8. The number of cyclic esters (lactones) is 1. The van der Waals surface area contributed by atoms with Crippen molar-refractivity contribution in [2.45, 2.75) is 39.6 Å². The van der Waals surface area contributed by atoms with Crippen molar-refractivity contribution in [3.63, 3.8) is 0 Å². The van der Waals surface area contributed by atoms with Crippen LogP contribution in [0.2, 0.25) is 0 Å². The summed E-state index contributed by atoms with van der Waals surface area (Å²) in [5.74, 6) is -0.828. The molecule has 1 aliphatic heterocycles. The summed E-state index contributed by atoms with van der Waals surface area (Å²) in [6.07, 6.45) is -1.38. The van der Waals surface area contributed by atoms with Gasteiger partial charge in [0.25, 0.3) is 0 Å². The van der Waals surface area contributed by atoms with Crippen LogP contribution in [-0.4, -0.2) is 29.9 Å². The smallest absolute Gasteiger partial charge is 0.312 e. The molecule has 110 valence electrons. The van der Waals surface area contributed by atoms with Crippen LogP contribution >= 0.6 is 0 Å². The maximum atomic E-state index is 11.8. The van der Waals surface area contributed by atoms with Gasteiger partial charge in [-0.15, -0.1) is 0 Å². The Kier molecular flexibility index (Phi) is 4.45. The third-order valence-corrected chi connectivity index (χ3v) is 3.57. The fraction of sp³-hybridized carbons (Fsp3) is 0.562. The van der Waals surface area contributed by atoms with E-state index in [0.717, 1.165) is 5.56 Å². The van der Waals surface area contributed by atoms with E-state index in [9.17, 15) is 9.90 Å². The first-order valence-electron chi connectivity index (χ1n) is 6.90. The van der Waals surface area contributed by atoms with Crippen molar-refractivity contribution in [3.8, 4) is 0 Å². The topological polar surface area (TPSA) is 55.8 Å². The fourth-order valence-corrected chi connectivity index (χ4v) is 2.51. The molecule has 3 atom stereocenters. The molecular weight excluding hydrogens is 256 g/mol. The summed E-state index contributed by atoms with van der Waals surface area (Å²) < 4.78 is 10.8. The SMILES string of the molecule is CC(C)(C)[C@@H]1C(=O)O[C@H](COCc2ccccc2)[C@H]1O. The van der Waals surface area contributed by atoms with Crippen LogP contribution in [0.1, 0.15) is 26.3 Å². The molecule has 1 aromatic carbocycles. The monoisotopic (exact) mass is 278 g/mol. The van der Waals surface area contributed by atoms with E-state index in [2.05, 4.69) is 0 Å². The molecule has 1 fully saturated rings. The molecular formula is C16H22O4. The van der Waals surface area contributed by atoms with Gasteiger partial charge >= 0.3 is 5.97 Å². The van der Waals surface area contributed by atoms with Gasteiger partial charge in [-0.1, -0.05) is 51.1 Å². The Morgan fingerprint density at radius 1 is 1.25 bits per heavy atom. The number of esters is 1. The minimum Gasteiger partial charge on any atom is -0.457 e. The predicted molar refractivity (Wildman–Crippen MR) is 74.9 cm³/mol. The van der Waals surface area contributed by atoms with Gasteiger partial charge in [0.2, 0.25) is 0 Å². The van der Waals surface area contributed by atoms with E-state index in [-0.39, 0.29) is 18.0 Å². The largest absolute Gasteiger partial charge is 0.457 e. The standard InChI is InChI=1S/C16H22O4/c1-16(2,3)13-14(17)12(20-15(13)18)10-19-9-11-7-5-4-6-8-11/h4-8,12-14,17H,9-10H2,1-3H3/t12-,13+,14-/m1/s1. The summed E-state index contributed by atoms with van der Waals surface area (Å²) in [5.41, 5.74) is 0.740. The van der Waals surface area contributed by atoms with Crippen molar-refractivity contribution in [3.05, 3.63) is 35.9 Å². The quantitative estimate of drug-likeness (QED) is 0.857. The van der Waals surface area contributed by atoms with Gasteiger partial charge < -0.3 is 14.6 Å². The van der Waals surface area contributed by atoms with Crippen molar-refractivity contribution >= 4 is 5.97 Å². The number of hydrogen-bond acceptors (Lipinski definition) is 4. The second-order valence-corrected chi connectivity index (χ2v) is 6.31. The lowest BCUT2D eigenvalue weighted by atomic mass is 9.77. The van der Waals surface area contributed by atoms with Crippen molar-refractivity contribution in [1.29, 1.82) is 0 Å². The number of carbonyl (C=O) groups excluding carboxylic acids is 1. The molecule has 1 aliphatic rings. The number of ether oxygens (including phenoxy) is 2. The van der Waals surface area contributed by atoms with E-state index in [0.29, 0.717) is 6.61 Å². The maximum Gasteiger partial charge on any atom is 0.312 e. The van der Waals surface area contributed by atoms with Gasteiger partial charge in [0, 0.05) is 0 Å². The molecule has 1 aromatic rings. The Morgan fingerprint density at radius 3 is 2.45 bits per heavy atom. The summed E-state index contributed by atoms with van der Waals surface area (Å²) in [6, 6.07) is 9.77. The molecule has 0 saturated carbocycles. The lowest BCUT2D eigenvalue weighted by Gasteiger charge is -2.26. The third-order valence-electron chi connectivity index (χ3n) is 3.57. The lowest BCUT2D eigenvalue weighted by Crippen LogP contribution is -2.37. The minimum absolute atomic E-state index is 0.217. The van der Waals surface area contributed by atoms with Crippen LogP contribution in [0.25, 0.3) is 0 Å². The molecule has 0 unspecified atom stereocenters. The van der Waals surface area contributed by atoms with Crippen molar-refractivity contribution in [2.75, 3.05) is 6.61 Å². The van der Waals surface area contributed by atoms with Gasteiger partial charge in [0.1, 0.15) is 6.10 Å². The van der Waals surface area contributed by atoms with Crippen LogP contribution in [-0.2, 0) is 20.9 Å². The molecule has 0 spiro atoms. The van der Waals surface area contributed by atoms with Gasteiger partial charge in [-0.05, 0) is 11.0 Å². The Morgan fingerprint density at radius 2 is 1.90 bits per heavy atom. The van der Waals surface area contributed by atoms with Crippen LogP contribution in [0.3, 0.4) is 0 Å². The zero-order valence-electron chi connectivity index (χ0n) is 12.2. The fourth-order valence-electron chi connectivity index (χ4n) is 2.51. The van der Waals surface area contributed by atoms with Gasteiger partial charge in [0.05, 0.1) is 19.1 Å². The predicted octanol–water partition coefficient (Wildman–Crippen LogP) is 2.15. The summed E-state index contributed by atoms with van der Waals surface area (Å²) in [6.45, 7) is 6.44. The van der Waals surface area contributed by atoms with E-state index >= 15 is 0 Å². The number of aliphatic hydroxyl groups excluding tert-OH is 1. The van der Waals surface area contributed by atoms with Crippen LogP contribution in [0.15, 0.2) is 30.3 Å². The Bertz CT molecular complexity index is 449. The van der Waals surface area contributed by atoms with Crippen LogP contribution in [0.4, 0.5) is 0 Å². The maximum absolute atomic E-state index is 11.8. The summed E-state index contributed by atoms with van der Waals surface area (Å²) in [4.78, 5) is 11.8. The molecule has 20 heavy (non-hydrogen) atoms. The van der Waals surface area contributed by atoms with Gasteiger partial charge in [-0.2, -0.15) is 0 Å². The number of benzene rings is 1. The van der Waals surface area contributed by atoms with Crippen molar-refractivity contribution < 1.29 is 19.4 Å². The second-order valence-electron chi connectivity index (χ2n) is 6.31. The van der Waals surface area contributed by atoms with E-state index in [1.54, 1.807) is 0 Å². The van der Waals surface area contributed by atoms with Gasteiger partial charge in [-0.3, -0.25) is 4.79 Å². The van der Waals surface area contributed by atoms with Crippen LogP contribution < -0.4 is 0 Å². The van der Waals surface area contributed by atoms with Crippen LogP contribution in [0.5, 0.6) is 0 Å². The normalized spacial score (nSPS) is 26.6. The highest BCUT2D eigenvalue weighted by atomic mass is 16.6. The molecule has 1 N–H and O–H groups in total. The van der Waals surface area contributed by atoms with Crippen molar-refractivity contribution in [1.82, 2.24) is 0 Å². The van der Waals surface area contributed by atoms with E-state index < -0.39 is 18.1 Å². The average Bonchev–Trinajstić information content (AvgIpc) is 2.65. The molecule has 0 radical (unpaired) electrons. The summed E-state index contributed by atoms with van der Waals surface area (Å²) in [7, 11) is 0. The average molecular weight is 278 g/mol. The second kappa shape index (κ2) is 5.94. The zero-order valence-corrected chi connectivity index (χ0v) is 12.2. The summed E-state index contributed by atoms with van der Waals surface area (Å²) >= 11 is 0. The minimum atomic E-state index is -0.807. The highest BCUT2D eigenvalue weighted by Gasteiger charge is 2.49. The summed E-state index contributed by atoms with van der Waals surface area (Å²) in [5, 5.41) is 10.2. The molecule has 0 aromatic heterocycles. The molecule has 0 amide bonds.